The first-order chi connectivity index (χ1) is 5.61. The highest BCUT2D eigenvalue weighted by molar-refractivity contribution is 5.80. The van der Waals surface area contributed by atoms with Crippen molar-refractivity contribution < 1.29 is 19.5 Å². The number of hydrogen-bond acceptors (Lipinski definition) is 3. The Morgan fingerprint density at radius 2 is 2.42 bits per heavy atom. The highest BCUT2D eigenvalue weighted by atomic mass is 16.7. The minimum absolute atomic E-state index is 0.00574. The number of hydroxylamine groups is 1. The van der Waals surface area contributed by atoms with E-state index in [2.05, 4.69) is 5.48 Å². The van der Waals surface area contributed by atoms with Gasteiger partial charge in [-0.15, -0.1) is 0 Å². The molecule has 0 bridgehead atoms. The molecule has 1 amide bonds. The molecular weight excluding hydrogens is 162 g/mol. The van der Waals surface area contributed by atoms with Crippen molar-refractivity contribution in [2.24, 2.45) is 5.92 Å². The van der Waals surface area contributed by atoms with E-state index in [4.69, 9.17) is 9.94 Å². The molecule has 68 valence electrons. The quantitative estimate of drug-likeness (QED) is 0.625. The van der Waals surface area contributed by atoms with Gasteiger partial charge in [0.15, 0.2) is 0 Å². The van der Waals surface area contributed by atoms with Gasteiger partial charge in [0.2, 0.25) is 5.91 Å². The predicted molar refractivity (Wildman–Crippen MR) is 39.0 cm³/mol. The normalized spacial score (nSPS) is 28.6. The van der Waals surface area contributed by atoms with Crippen LogP contribution < -0.4 is 5.48 Å². The van der Waals surface area contributed by atoms with Crippen LogP contribution in [-0.2, 0) is 14.4 Å². The maximum absolute atomic E-state index is 11.0. The number of amides is 1. The molecule has 0 saturated carbocycles. The first-order valence-corrected chi connectivity index (χ1v) is 3.78. The number of hydrogen-bond donors (Lipinski definition) is 2. The molecule has 2 unspecified atom stereocenters. The van der Waals surface area contributed by atoms with Gasteiger partial charge in [-0.25, -0.2) is 5.48 Å². The summed E-state index contributed by atoms with van der Waals surface area (Å²) in [5, 5.41) is 8.37. The van der Waals surface area contributed by atoms with E-state index in [0.717, 1.165) is 0 Å². The lowest BCUT2D eigenvalue weighted by atomic mass is 9.98. The summed E-state index contributed by atoms with van der Waals surface area (Å²) in [6.07, 6.45) is 0.116. The predicted octanol–water partition coefficient (Wildman–Crippen LogP) is -0.0827. The van der Waals surface area contributed by atoms with Crippen LogP contribution in [0.15, 0.2) is 0 Å². The van der Waals surface area contributed by atoms with Crippen LogP contribution in [0.5, 0.6) is 0 Å². The third kappa shape index (κ3) is 1.94. The van der Waals surface area contributed by atoms with Gasteiger partial charge in [-0.05, 0) is 13.3 Å². The largest absolute Gasteiger partial charge is 0.481 e. The molecule has 2 N–H and O–H groups in total. The van der Waals surface area contributed by atoms with Crippen LogP contribution in [0.1, 0.15) is 19.8 Å². The molecule has 1 rings (SSSR count). The van der Waals surface area contributed by atoms with Gasteiger partial charge in [0, 0.05) is 6.42 Å². The zero-order valence-electron chi connectivity index (χ0n) is 6.74. The van der Waals surface area contributed by atoms with E-state index in [0.29, 0.717) is 6.42 Å². The molecule has 0 aromatic rings. The van der Waals surface area contributed by atoms with E-state index in [1.165, 1.54) is 0 Å². The molecule has 0 aromatic heterocycles. The number of aliphatic carboxylic acids is 1. The molecule has 0 aliphatic carbocycles. The Kier molecular flexibility index (Phi) is 2.65. The highest BCUT2D eigenvalue weighted by Crippen LogP contribution is 2.18. The smallest absolute Gasteiger partial charge is 0.303 e. The second-order valence-corrected chi connectivity index (χ2v) is 2.83. The van der Waals surface area contributed by atoms with Gasteiger partial charge < -0.3 is 5.11 Å². The van der Waals surface area contributed by atoms with E-state index >= 15 is 0 Å². The van der Waals surface area contributed by atoms with Crippen molar-refractivity contribution in [3.05, 3.63) is 0 Å². The topological polar surface area (TPSA) is 75.6 Å². The van der Waals surface area contributed by atoms with Crippen LogP contribution in [0, 0.1) is 5.92 Å². The first-order valence-electron chi connectivity index (χ1n) is 3.78. The van der Waals surface area contributed by atoms with Gasteiger partial charge in [-0.3, -0.25) is 14.4 Å². The summed E-state index contributed by atoms with van der Waals surface area (Å²) in [6, 6.07) is 0. The molecule has 1 heterocycles. The van der Waals surface area contributed by atoms with Crippen LogP contribution in [0.25, 0.3) is 0 Å². The van der Waals surface area contributed by atoms with Gasteiger partial charge in [0.1, 0.15) is 0 Å². The molecule has 0 spiro atoms. The number of carbonyl (C=O) groups excluding carboxylic acids is 1. The van der Waals surface area contributed by atoms with Gasteiger partial charge in [-0.1, -0.05) is 0 Å². The molecule has 1 saturated heterocycles. The average molecular weight is 173 g/mol. The van der Waals surface area contributed by atoms with Crippen LogP contribution in [0.2, 0.25) is 0 Å². The fourth-order valence-electron chi connectivity index (χ4n) is 1.17. The minimum Gasteiger partial charge on any atom is -0.481 e. The number of carbonyl (C=O) groups is 2. The first kappa shape index (κ1) is 8.99. The van der Waals surface area contributed by atoms with E-state index in [1.807, 2.05) is 0 Å². The number of rotatable bonds is 3. The minimum atomic E-state index is -0.887. The third-order valence-electron chi connectivity index (χ3n) is 1.92. The Hall–Kier alpha value is -1.10. The average Bonchev–Trinajstić information content (AvgIpc) is 2.28. The van der Waals surface area contributed by atoms with Gasteiger partial charge >= 0.3 is 5.97 Å². The zero-order valence-corrected chi connectivity index (χ0v) is 6.74. The summed E-state index contributed by atoms with van der Waals surface area (Å²) in [7, 11) is 0. The summed E-state index contributed by atoms with van der Waals surface area (Å²) in [5.74, 6) is -1.42. The van der Waals surface area contributed by atoms with Crippen LogP contribution in [0.3, 0.4) is 0 Å². The molecule has 5 heteroatoms. The van der Waals surface area contributed by atoms with E-state index in [-0.39, 0.29) is 24.3 Å². The van der Waals surface area contributed by atoms with Crippen molar-refractivity contribution in [2.45, 2.75) is 25.9 Å². The second kappa shape index (κ2) is 3.53. The standard InChI is InChI=1S/C7H11NO4/c1-4-5(2-3-6(9)10)7(11)8-12-4/h4-5H,2-3H2,1H3,(H,8,11)(H,9,10). The number of carboxylic acids is 1. The van der Waals surface area contributed by atoms with Crippen molar-refractivity contribution in [1.82, 2.24) is 5.48 Å². The Morgan fingerprint density at radius 3 is 2.83 bits per heavy atom. The summed E-state index contributed by atoms with van der Waals surface area (Å²) < 4.78 is 0. The summed E-state index contributed by atoms with van der Waals surface area (Å²) in [5.41, 5.74) is 2.21. The highest BCUT2D eigenvalue weighted by Gasteiger charge is 2.32. The van der Waals surface area contributed by atoms with Crippen LogP contribution in [-0.4, -0.2) is 23.1 Å². The second-order valence-electron chi connectivity index (χ2n) is 2.83. The Labute approximate surface area is 69.7 Å². The summed E-state index contributed by atoms with van der Waals surface area (Å²) in [6.45, 7) is 1.74. The van der Waals surface area contributed by atoms with Crippen LogP contribution in [0.4, 0.5) is 0 Å². The van der Waals surface area contributed by atoms with E-state index in [9.17, 15) is 9.59 Å². The summed E-state index contributed by atoms with van der Waals surface area (Å²) in [4.78, 5) is 26.0. The maximum Gasteiger partial charge on any atom is 0.303 e. The zero-order chi connectivity index (χ0) is 9.14. The van der Waals surface area contributed by atoms with Crippen molar-refractivity contribution in [1.29, 1.82) is 0 Å². The molecule has 12 heavy (non-hydrogen) atoms. The third-order valence-corrected chi connectivity index (χ3v) is 1.92. The van der Waals surface area contributed by atoms with Crippen molar-refractivity contribution in [2.75, 3.05) is 0 Å². The number of carboxylic acid groups (broad SMARTS) is 1. The molecule has 5 nitrogen and oxygen atoms in total. The Bertz CT molecular complexity index is 204. The number of nitrogens with one attached hydrogen (secondary N) is 1. The molecule has 0 radical (unpaired) electrons. The van der Waals surface area contributed by atoms with Gasteiger partial charge in [0.05, 0.1) is 12.0 Å². The fraction of sp³-hybridized carbons (Fsp3) is 0.714. The molecule has 1 aliphatic heterocycles. The van der Waals surface area contributed by atoms with Crippen LogP contribution >= 0.6 is 0 Å². The SMILES string of the molecule is CC1ONC(=O)C1CCC(=O)O. The fourth-order valence-corrected chi connectivity index (χ4v) is 1.17. The molecular formula is C7H11NO4. The van der Waals surface area contributed by atoms with Gasteiger partial charge in [0.25, 0.3) is 0 Å². The lowest BCUT2D eigenvalue weighted by molar-refractivity contribution is -0.137. The molecule has 1 aliphatic rings. The Balaban J connectivity index is 2.39. The maximum atomic E-state index is 11.0. The van der Waals surface area contributed by atoms with Crippen molar-refractivity contribution in [3.8, 4) is 0 Å². The van der Waals surface area contributed by atoms with Crippen molar-refractivity contribution in [3.63, 3.8) is 0 Å². The van der Waals surface area contributed by atoms with Crippen molar-refractivity contribution >= 4 is 11.9 Å². The summed E-state index contributed by atoms with van der Waals surface area (Å²) >= 11 is 0. The van der Waals surface area contributed by atoms with E-state index < -0.39 is 5.97 Å². The molecule has 1 fully saturated rings. The lowest BCUT2D eigenvalue weighted by Crippen LogP contribution is -2.21. The van der Waals surface area contributed by atoms with E-state index in [1.54, 1.807) is 6.92 Å². The monoisotopic (exact) mass is 173 g/mol. The Morgan fingerprint density at radius 1 is 1.75 bits per heavy atom. The van der Waals surface area contributed by atoms with Gasteiger partial charge in [-0.2, -0.15) is 0 Å². The molecule has 2 atom stereocenters. The lowest BCUT2D eigenvalue weighted by Gasteiger charge is -2.07. The molecule has 0 aromatic carbocycles.